The molecule has 0 saturated carbocycles. The topological polar surface area (TPSA) is 85.8 Å². The van der Waals surface area contributed by atoms with Gasteiger partial charge < -0.3 is 15.6 Å². The van der Waals surface area contributed by atoms with Crippen LogP contribution in [0.4, 0.5) is 0 Å². The van der Waals surface area contributed by atoms with Crippen LogP contribution in [0.25, 0.3) is 0 Å². The van der Waals surface area contributed by atoms with E-state index in [-0.39, 0.29) is 5.91 Å². The van der Waals surface area contributed by atoms with Crippen molar-refractivity contribution in [3.05, 3.63) is 47.0 Å². The lowest BCUT2D eigenvalue weighted by molar-refractivity contribution is -0.122. The van der Waals surface area contributed by atoms with Crippen molar-refractivity contribution >= 4 is 5.91 Å². The number of rotatable bonds is 6. The maximum atomic E-state index is 12.2. The number of nitrogens with zero attached hydrogens (tertiary/aromatic N) is 3. The Labute approximate surface area is 148 Å². The van der Waals surface area contributed by atoms with Crippen molar-refractivity contribution in [2.75, 3.05) is 6.54 Å². The molecule has 2 heterocycles. The minimum Gasteiger partial charge on any atom is -0.354 e. The first-order valence-corrected chi connectivity index (χ1v) is 9.16. The number of hydrogen-bond acceptors (Lipinski definition) is 4. The summed E-state index contributed by atoms with van der Waals surface area (Å²) in [5, 5.41) is 11.6. The van der Waals surface area contributed by atoms with Gasteiger partial charge in [-0.3, -0.25) is 4.79 Å². The molecule has 0 fully saturated rings. The highest BCUT2D eigenvalue weighted by Crippen LogP contribution is 2.15. The van der Waals surface area contributed by atoms with Crippen LogP contribution in [0.3, 0.4) is 0 Å². The average Bonchev–Trinajstić information content (AvgIpc) is 2.85. The quantitative estimate of drug-likeness (QED) is 0.788. The van der Waals surface area contributed by atoms with E-state index < -0.39 is 6.04 Å². The minimum atomic E-state index is -0.620. The molecule has 0 aliphatic carbocycles. The molecule has 3 N–H and O–H groups in total. The molecule has 1 aromatic carbocycles. The normalized spacial score (nSPS) is 15.3. The van der Waals surface area contributed by atoms with Gasteiger partial charge in [-0.05, 0) is 31.7 Å². The van der Waals surface area contributed by atoms with Crippen molar-refractivity contribution in [2.45, 2.75) is 58.0 Å². The smallest absolute Gasteiger partial charge is 0.241 e. The number of aromatic nitrogens is 3. The van der Waals surface area contributed by atoms with Crippen molar-refractivity contribution in [3.63, 3.8) is 0 Å². The SMILES string of the molecule is Cc1ccc(C(N)C(=O)NCCCc2nnc3n2CCCCC3)cc1. The van der Waals surface area contributed by atoms with E-state index in [1.807, 2.05) is 31.2 Å². The van der Waals surface area contributed by atoms with Crippen LogP contribution in [-0.2, 0) is 24.2 Å². The fraction of sp³-hybridized carbons (Fsp3) is 0.526. The molecular formula is C19H27N5O. The van der Waals surface area contributed by atoms with Crippen LogP contribution in [0.15, 0.2) is 24.3 Å². The summed E-state index contributed by atoms with van der Waals surface area (Å²) < 4.78 is 2.26. The largest absolute Gasteiger partial charge is 0.354 e. The van der Waals surface area contributed by atoms with Crippen molar-refractivity contribution in [1.82, 2.24) is 20.1 Å². The third-order valence-corrected chi connectivity index (χ3v) is 4.78. The number of fused-ring (bicyclic) bond motifs is 1. The third-order valence-electron chi connectivity index (χ3n) is 4.78. The molecule has 0 spiro atoms. The molecule has 6 heteroatoms. The number of nitrogens with one attached hydrogen (secondary N) is 1. The van der Waals surface area contributed by atoms with Gasteiger partial charge in [0.05, 0.1) is 0 Å². The molecule has 0 bridgehead atoms. The van der Waals surface area contributed by atoms with Crippen LogP contribution in [0, 0.1) is 6.92 Å². The average molecular weight is 341 g/mol. The number of nitrogens with two attached hydrogens (primary N) is 1. The predicted molar refractivity (Wildman–Crippen MR) is 97.0 cm³/mol. The van der Waals surface area contributed by atoms with Crippen molar-refractivity contribution in [2.24, 2.45) is 5.73 Å². The first kappa shape index (κ1) is 17.6. The maximum Gasteiger partial charge on any atom is 0.241 e. The zero-order valence-corrected chi connectivity index (χ0v) is 14.9. The predicted octanol–water partition coefficient (Wildman–Crippen LogP) is 2.06. The molecule has 1 aromatic heterocycles. The molecule has 0 radical (unpaired) electrons. The highest BCUT2D eigenvalue weighted by Gasteiger charge is 2.16. The Morgan fingerprint density at radius 1 is 1.24 bits per heavy atom. The molecule has 134 valence electrons. The van der Waals surface area contributed by atoms with Gasteiger partial charge in [-0.2, -0.15) is 0 Å². The van der Waals surface area contributed by atoms with E-state index in [9.17, 15) is 4.79 Å². The maximum absolute atomic E-state index is 12.2. The minimum absolute atomic E-state index is 0.135. The lowest BCUT2D eigenvalue weighted by Gasteiger charge is -2.13. The first-order valence-electron chi connectivity index (χ1n) is 9.16. The number of carbonyl (C=O) groups excluding carboxylic acids is 1. The Bertz CT molecular complexity index is 707. The van der Waals surface area contributed by atoms with Crippen molar-refractivity contribution in [3.8, 4) is 0 Å². The van der Waals surface area contributed by atoms with Gasteiger partial charge in [0, 0.05) is 25.9 Å². The van der Waals surface area contributed by atoms with E-state index in [0.29, 0.717) is 6.54 Å². The van der Waals surface area contributed by atoms with Gasteiger partial charge in [-0.1, -0.05) is 36.2 Å². The first-order chi connectivity index (χ1) is 12.1. The van der Waals surface area contributed by atoms with Gasteiger partial charge in [0.25, 0.3) is 0 Å². The Balaban J connectivity index is 1.46. The van der Waals surface area contributed by atoms with Crippen LogP contribution in [0.1, 0.15) is 54.5 Å². The molecule has 3 rings (SSSR count). The molecule has 25 heavy (non-hydrogen) atoms. The fourth-order valence-electron chi connectivity index (χ4n) is 3.22. The van der Waals surface area contributed by atoms with E-state index in [0.717, 1.165) is 48.6 Å². The van der Waals surface area contributed by atoms with Crippen LogP contribution in [0.2, 0.25) is 0 Å². The summed E-state index contributed by atoms with van der Waals surface area (Å²) in [6, 6.07) is 7.14. The van der Waals surface area contributed by atoms with Gasteiger partial charge in [0.1, 0.15) is 17.7 Å². The van der Waals surface area contributed by atoms with Crippen LogP contribution in [-0.4, -0.2) is 27.2 Å². The van der Waals surface area contributed by atoms with E-state index in [2.05, 4.69) is 20.1 Å². The zero-order valence-electron chi connectivity index (χ0n) is 14.9. The molecule has 0 saturated heterocycles. The van der Waals surface area contributed by atoms with Crippen LogP contribution >= 0.6 is 0 Å². The lowest BCUT2D eigenvalue weighted by Crippen LogP contribution is -2.34. The second kappa shape index (κ2) is 8.25. The summed E-state index contributed by atoms with van der Waals surface area (Å²) in [4.78, 5) is 12.2. The third kappa shape index (κ3) is 4.45. The molecular weight excluding hydrogens is 314 g/mol. The summed E-state index contributed by atoms with van der Waals surface area (Å²) in [5.41, 5.74) is 8.03. The van der Waals surface area contributed by atoms with Crippen molar-refractivity contribution < 1.29 is 4.79 Å². The molecule has 1 aliphatic heterocycles. The van der Waals surface area contributed by atoms with Crippen molar-refractivity contribution in [1.29, 1.82) is 0 Å². The Morgan fingerprint density at radius 2 is 2.04 bits per heavy atom. The summed E-state index contributed by atoms with van der Waals surface area (Å²) in [5.74, 6) is 2.01. The van der Waals surface area contributed by atoms with E-state index in [1.54, 1.807) is 0 Å². The van der Waals surface area contributed by atoms with E-state index in [4.69, 9.17) is 5.73 Å². The number of hydrogen-bond donors (Lipinski definition) is 2. The van der Waals surface area contributed by atoms with Gasteiger partial charge in [-0.15, -0.1) is 10.2 Å². The number of carbonyl (C=O) groups is 1. The van der Waals surface area contributed by atoms with Crippen LogP contribution in [0.5, 0.6) is 0 Å². The summed E-state index contributed by atoms with van der Waals surface area (Å²) >= 11 is 0. The number of aryl methyl sites for hydroxylation is 3. The molecule has 6 nitrogen and oxygen atoms in total. The van der Waals surface area contributed by atoms with Gasteiger partial charge >= 0.3 is 0 Å². The summed E-state index contributed by atoms with van der Waals surface area (Å²) in [6.45, 7) is 3.63. The Morgan fingerprint density at radius 3 is 2.84 bits per heavy atom. The monoisotopic (exact) mass is 341 g/mol. The van der Waals surface area contributed by atoms with Gasteiger partial charge in [0.15, 0.2) is 0 Å². The van der Waals surface area contributed by atoms with Crippen LogP contribution < -0.4 is 11.1 Å². The summed E-state index contributed by atoms with van der Waals surface area (Å²) in [7, 11) is 0. The number of amides is 1. The molecule has 1 amide bonds. The van der Waals surface area contributed by atoms with E-state index in [1.165, 1.54) is 19.3 Å². The lowest BCUT2D eigenvalue weighted by atomic mass is 10.1. The molecule has 1 atom stereocenters. The molecule has 1 aliphatic rings. The van der Waals surface area contributed by atoms with E-state index >= 15 is 0 Å². The second-order valence-electron chi connectivity index (χ2n) is 6.78. The molecule has 1 unspecified atom stereocenters. The number of benzene rings is 1. The highest BCUT2D eigenvalue weighted by atomic mass is 16.2. The summed E-state index contributed by atoms with van der Waals surface area (Å²) in [6.07, 6.45) is 6.34. The standard InChI is InChI=1S/C19H27N5O/c1-14-8-10-15(11-9-14)18(20)19(25)21-12-5-7-17-23-22-16-6-3-2-4-13-24(16)17/h8-11,18H,2-7,12-13,20H2,1H3,(H,21,25). The Kier molecular flexibility index (Phi) is 5.81. The van der Waals surface area contributed by atoms with Gasteiger partial charge in [0.2, 0.25) is 5.91 Å². The fourth-order valence-corrected chi connectivity index (χ4v) is 3.22. The molecule has 2 aromatic rings. The zero-order chi connectivity index (χ0) is 17.6. The second-order valence-corrected chi connectivity index (χ2v) is 6.78. The van der Waals surface area contributed by atoms with Gasteiger partial charge in [-0.25, -0.2) is 0 Å². The highest BCUT2D eigenvalue weighted by molar-refractivity contribution is 5.82. The Hall–Kier alpha value is -2.21.